The topological polar surface area (TPSA) is 127 Å². The second-order valence-corrected chi connectivity index (χ2v) is 11.8. The summed E-state index contributed by atoms with van der Waals surface area (Å²) < 4.78 is 69.6. The van der Waals surface area contributed by atoms with Crippen molar-refractivity contribution in [3.05, 3.63) is 35.9 Å². The SMILES string of the molecule is CC(OC(=O)C1C2CC3C1C(=O)N(C(C)(C)C)C3C2OC(=O)c1ccccc1)C(F)(F)S(=O)(=O)O. The summed E-state index contributed by atoms with van der Waals surface area (Å²) in [4.78, 5) is 40.9. The summed E-state index contributed by atoms with van der Waals surface area (Å²) >= 11 is 0. The van der Waals surface area contributed by atoms with Crippen LogP contribution in [-0.4, -0.2) is 64.8 Å². The number of amides is 1. The molecule has 4 rings (SSSR count). The number of carbonyl (C=O) groups is 3. The second kappa shape index (κ2) is 8.22. The molecule has 7 unspecified atom stereocenters. The van der Waals surface area contributed by atoms with Crippen molar-refractivity contribution in [2.45, 2.75) is 63.2 Å². The minimum atomic E-state index is -5.84. The number of ether oxygens (including phenoxy) is 2. The zero-order chi connectivity index (χ0) is 26.1. The number of hydrogen-bond donors (Lipinski definition) is 1. The van der Waals surface area contributed by atoms with E-state index in [4.69, 9.17) is 14.0 Å². The molecule has 12 heteroatoms. The van der Waals surface area contributed by atoms with Crippen LogP contribution in [-0.2, 0) is 29.2 Å². The Morgan fingerprint density at radius 1 is 1.14 bits per heavy atom. The Morgan fingerprint density at radius 3 is 2.29 bits per heavy atom. The van der Waals surface area contributed by atoms with Gasteiger partial charge in [-0.2, -0.15) is 17.2 Å². The van der Waals surface area contributed by atoms with Crippen LogP contribution >= 0.6 is 0 Å². The van der Waals surface area contributed by atoms with E-state index in [0.29, 0.717) is 13.3 Å². The van der Waals surface area contributed by atoms with Crippen molar-refractivity contribution in [2.24, 2.45) is 23.7 Å². The number of rotatable bonds is 6. The average molecular weight is 516 g/mol. The van der Waals surface area contributed by atoms with Crippen LogP contribution in [0.25, 0.3) is 0 Å². The van der Waals surface area contributed by atoms with E-state index >= 15 is 0 Å². The zero-order valence-electron chi connectivity index (χ0n) is 19.6. The predicted octanol–water partition coefficient (Wildman–Crippen LogP) is 2.52. The highest BCUT2D eigenvalue weighted by Gasteiger charge is 2.72. The number of hydrogen-bond acceptors (Lipinski definition) is 7. The van der Waals surface area contributed by atoms with E-state index < -0.39 is 68.9 Å². The van der Waals surface area contributed by atoms with Crippen LogP contribution in [0, 0.1) is 23.7 Å². The van der Waals surface area contributed by atoms with Crippen LogP contribution in [0.4, 0.5) is 8.78 Å². The summed E-state index contributed by atoms with van der Waals surface area (Å²) in [5.74, 6) is -5.33. The van der Waals surface area contributed by atoms with Gasteiger partial charge in [0, 0.05) is 11.5 Å². The number of fused-ring (bicyclic) bond motifs is 1. The van der Waals surface area contributed by atoms with Gasteiger partial charge < -0.3 is 14.4 Å². The summed E-state index contributed by atoms with van der Waals surface area (Å²) in [5.41, 5.74) is -0.399. The third kappa shape index (κ3) is 4.00. The van der Waals surface area contributed by atoms with Crippen LogP contribution in [0.15, 0.2) is 30.3 Å². The van der Waals surface area contributed by atoms with Crippen molar-refractivity contribution < 1.29 is 45.6 Å². The number of nitrogens with zero attached hydrogens (tertiary/aromatic N) is 1. The smallest absolute Gasteiger partial charge is 0.405 e. The van der Waals surface area contributed by atoms with Crippen molar-refractivity contribution in [3.8, 4) is 0 Å². The van der Waals surface area contributed by atoms with Crippen molar-refractivity contribution in [2.75, 3.05) is 0 Å². The highest BCUT2D eigenvalue weighted by Crippen LogP contribution is 2.61. The quantitative estimate of drug-likeness (QED) is 0.452. The number of alkyl halides is 2. The van der Waals surface area contributed by atoms with E-state index in [9.17, 15) is 31.6 Å². The minimum absolute atomic E-state index is 0.277. The van der Waals surface area contributed by atoms with Gasteiger partial charge >= 0.3 is 27.3 Å². The monoisotopic (exact) mass is 515 g/mol. The van der Waals surface area contributed by atoms with Crippen LogP contribution in [0.1, 0.15) is 44.5 Å². The molecule has 35 heavy (non-hydrogen) atoms. The number of benzene rings is 1. The average Bonchev–Trinajstić information content (AvgIpc) is 3.35. The van der Waals surface area contributed by atoms with E-state index in [1.54, 1.807) is 56.0 Å². The fraction of sp³-hybridized carbons (Fsp3) is 0.609. The molecule has 192 valence electrons. The van der Waals surface area contributed by atoms with Gasteiger partial charge in [0.25, 0.3) is 0 Å². The molecule has 1 saturated heterocycles. The van der Waals surface area contributed by atoms with Gasteiger partial charge in [0.05, 0.1) is 23.4 Å². The Labute approximate surface area is 201 Å². The standard InChI is InChI=1S/C23H27F2NO8S/c1-11(23(24,25)35(30,31)32)33-21(29)16-14-10-13-15(16)19(27)26(22(2,3)4)17(13)18(14)34-20(28)12-8-6-5-7-9-12/h5-9,11,13-18H,10H2,1-4H3,(H,30,31,32). The lowest BCUT2D eigenvalue weighted by atomic mass is 9.78. The molecule has 7 atom stereocenters. The molecule has 3 fully saturated rings. The maximum Gasteiger partial charge on any atom is 0.405 e. The molecule has 1 aliphatic heterocycles. The number of likely N-dealkylation sites (tertiary alicyclic amines) is 1. The summed E-state index contributed by atoms with van der Waals surface area (Å²) in [5, 5.41) is -4.74. The van der Waals surface area contributed by atoms with Gasteiger partial charge in [-0.15, -0.1) is 0 Å². The molecule has 1 amide bonds. The summed E-state index contributed by atoms with van der Waals surface area (Å²) in [7, 11) is -5.84. The van der Waals surface area contributed by atoms with Gasteiger partial charge in [-0.25, -0.2) is 4.79 Å². The first-order valence-corrected chi connectivity index (χ1v) is 12.7. The van der Waals surface area contributed by atoms with Crippen molar-refractivity contribution in [3.63, 3.8) is 0 Å². The van der Waals surface area contributed by atoms with Gasteiger partial charge in [0.1, 0.15) is 6.10 Å². The lowest BCUT2D eigenvalue weighted by Crippen LogP contribution is -2.53. The third-order valence-electron chi connectivity index (χ3n) is 7.23. The Morgan fingerprint density at radius 2 is 1.74 bits per heavy atom. The fourth-order valence-electron chi connectivity index (χ4n) is 5.86. The molecule has 3 aliphatic rings. The lowest BCUT2D eigenvalue weighted by molar-refractivity contribution is -0.170. The number of carbonyl (C=O) groups excluding carboxylic acids is 3. The van der Waals surface area contributed by atoms with Crippen molar-refractivity contribution >= 4 is 28.0 Å². The Balaban J connectivity index is 1.65. The van der Waals surface area contributed by atoms with E-state index in [-0.39, 0.29) is 17.4 Å². The fourth-order valence-corrected chi connectivity index (χ4v) is 6.33. The van der Waals surface area contributed by atoms with Crippen LogP contribution in [0.3, 0.4) is 0 Å². The normalized spacial score (nSPS) is 30.9. The number of esters is 2. The first-order valence-electron chi connectivity index (χ1n) is 11.2. The first kappa shape index (κ1) is 25.5. The van der Waals surface area contributed by atoms with Crippen molar-refractivity contribution in [1.82, 2.24) is 4.90 Å². The molecule has 0 spiro atoms. The summed E-state index contributed by atoms with van der Waals surface area (Å²) in [6.45, 7) is 6.07. The van der Waals surface area contributed by atoms with Gasteiger partial charge in [-0.1, -0.05) is 18.2 Å². The van der Waals surface area contributed by atoms with Gasteiger partial charge in [-0.05, 0) is 52.2 Å². The molecule has 0 radical (unpaired) electrons. The van der Waals surface area contributed by atoms with E-state index in [1.165, 1.54) is 0 Å². The predicted molar refractivity (Wildman–Crippen MR) is 117 cm³/mol. The van der Waals surface area contributed by atoms with Gasteiger partial charge in [-0.3, -0.25) is 14.1 Å². The summed E-state index contributed by atoms with van der Waals surface area (Å²) in [6.07, 6.45) is -3.05. The Kier molecular flexibility index (Phi) is 5.99. The maximum atomic E-state index is 14.0. The Bertz CT molecular complexity index is 1150. The van der Waals surface area contributed by atoms with E-state index in [2.05, 4.69) is 0 Å². The highest BCUT2D eigenvalue weighted by molar-refractivity contribution is 7.86. The minimum Gasteiger partial charge on any atom is -0.456 e. The first-order chi connectivity index (χ1) is 16.1. The molecule has 1 aromatic rings. The summed E-state index contributed by atoms with van der Waals surface area (Å²) in [6, 6.07) is 7.67. The van der Waals surface area contributed by atoms with Gasteiger partial charge in [0.15, 0.2) is 6.10 Å². The highest BCUT2D eigenvalue weighted by atomic mass is 32.2. The third-order valence-corrected chi connectivity index (χ3v) is 8.25. The van der Waals surface area contributed by atoms with E-state index in [1.807, 2.05) is 0 Å². The van der Waals surface area contributed by atoms with Crippen LogP contribution in [0.2, 0.25) is 0 Å². The molecule has 1 N–H and O–H groups in total. The van der Waals surface area contributed by atoms with Crippen LogP contribution in [0.5, 0.6) is 0 Å². The van der Waals surface area contributed by atoms with Gasteiger partial charge in [0.2, 0.25) is 5.91 Å². The van der Waals surface area contributed by atoms with Crippen molar-refractivity contribution in [1.29, 1.82) is 0 Å². The van der Waals surface area contributed by atoms with Crippen LogP contribution < -0.4 is 0 Å². The molecule has 1 aromatic carbocycles. The molecule has 2 bridgehead atoms. The Hall–Kier alpha value is -2.60. The zero-order valence-corrected chi connectivity index (χ0v) is 20.4. The molecular weight excluding hydrogens is 488 g/mol. The lowest BCUT2D eigenvalue weighted by Gasteiger charge is -2.40. The molecule has 2 saturated carbocycles. The molecule has 0 aromatic heterocycles. The molecule has 9 nitrogen and oxygen atoms in total. The molecule has 2 aliphatic carbocycles. The molecular formula is C23H27F2NO8S. The van der Waals surface area contributed by atoms with E-state index in [0.717, 1.165) is 0 Å². The maximum absolute atomic E-state index is 14.0. The second-order valence-electron chi connectivity index (χ2n) is 10.3. The molecule has 1 heterocycles. The largest absolute Gasteiger partial charge is 0.456 e. The number of halogens is 2.